The van der Waals surface area contributed by atoms with Crippen molar-refractivity contribution in [2.24, 2.45) is 0 Å². The van der Waals surface area contributed by atoms with Gasteiger partial charge in [-0.05, 0) is 105 Å². The molecule has 5 nitrogen and oxygen atoms in total. The second-order valence-corrected chi connectivity index (χ2v) is 12.5. The molecular weight excluding hydrogens is 456 g/mol. The maximum absolute atomic E-state index is 9.29. The van der Waals surface area contributed by atoms with Crippen molar-refractivity contribution >= 4 is 0 Å². The number of rotatable bonds is 25. The Morgan fingerprint density at radius 1 is 0.486 bits per heavy atom. The van der Waals surface area contributed by atoms with Crippen molar-refractivity contribution in [2.75, 3.05) is 32.8 Å². The molecule has 0 aromatic heterocycles. The summed E-state index contributed by atoms with van der Waals surface area (Å²) in [5, 5.41) is 24.3. The molecule has 0 fully saturated rings. The minimum atomic E-state index is 0.0658. The summed E-state index contributed by atoms with van der Waals surface area (Å²) in [6, 6.07) is 0. The summed E-state index contributed by atoms with van der Waals surface area (Å²) in [5.74, 6) is 0. The Balaban J connectivity index is 4.23. The average molecular weight is 525 g/mol. The normalized spacial score (nSPS) is 17.6. The molecule has 0 aliphatic rings. The maximum atomic E-state index is 9.29. The van der Waals surface area contributed by atoms with E-state index in [0.29, 0.717) is 5.54 Å². The number of aliphatic hydroxyl groups is 1. The summed E-state index contributed by atoms with van der Waals surface area (Å²) in [4.78, 5) is 0. The van der Waals surface area contributed by atoms with E-state index in [0.717, 1.165) is 51.9 Å². The van der Waals surface area contributed by atoms with Crippen molar-refractivity contribution < 1.29 is 5.11 Å². The molecule has 0 aromatic rings. The smallest absolute Gasteiger partial charge is 0.0448 e. The molecule has 0 aliphatic carbocycles. The van der Waals surface area contributed by atoms with Crippen LogP contribution in [0.2, 0.25) is 0 Å². The molecule has 0 aromatic carbocycles. The summed E-state index contributed by atoms with van der Waals surface area (Å²) < 4.78 is 0. The molecule has 0 amide bonds. The summed E-state index contributed by atoms with van der Waals surface area (Å²) in [7, 11) is 0. The second kappa shape index (κ2) is 19.6. The summed E-state index contributed by atoms with van der Waals surface area (Å²) in [6.45, 7) is 24.9. The van der Waals surface area contributed by atoms with Crippen LogP contribution >= 0.6 is 0 Å². The van der Waals surface area contributed by atoms with Gasteiger partial charge in [0.05, 0.1) is 0 Å². The predicted molar refractivity (Wildman–Crippen MR) is 166 cm³/mol. The quantitative estimate of drug-likeness (QED) is 0.0678. The van der Waals surface area contributed by atoms with E-state index in [4.69, 9.17) is 0 Å². The van der Waals surface area contributed by atoms with E-state index in [1.807, 2.05) is 0 Å². The van der Waals surface area contributed by atoms with Gasteiger partial charge in [-0.3, -0.25) is 0 Å². The number of aliphatic hydroxyl groups excluding tert-OH is 1. The highest BCUT2D eigenvalue weighted by Crippen LogP contribution is 2.20. The first kappa shape index (κ1) is 36.5. The molecule has 3 atom stereocenters. The lowest BCUT2D eigenvalue weighted by atomic mass is 9.91. The second-order valence-electron chi connectivity index (χ2n) is 12.5. The number of hydrogen-bond donors (Lipinski definition) is 5. The molecule has 0 radical (unpaired) electrons. The van der Waals surface area contributed by atoms with Gasteiger partial charge in [0.15, 0.2) is 0 Å². The van der Waals surface area contributed by atoms with Gasteiger partial charge in [-0.1, -0.05) is 59.6 Å². The Kier molecular flexibility index (Phi) is 19.3. The molecule has 5 N–H and O–H groups in total. The fourth-order valence-corrected chi connectivity index (χ4v) is 4.76. The van der Waals surface area contributed by atoms with Crippen molar-refractivity contribution in [3.63, 3.8) is 0 Å². The van der Waals surface area contributed by atoms with Crippen molar-refractivity contribution in [1.82, 2.24) is 21.3 Å². The van der Waals surface area contributed by atoms with E-state index in [2.05, 4.69) is 95.7 Å². The van der Waals surface area contributed by atoms with Gasteiger partial charge in [-0.2, -0.15) is 0 Å². The van der Waals surface area contributed by atoms with Crippen LogP contribution in [0.5, 0.6) is 0 Å². The Bertz CT molecular complexity index is 579. The molecule has 0 aliphatic heterocycles. The highest BCUT2D eigenvalue weighted by Gasteiger charge is 2.23. The minimum Gasteiger partial charge on any atom is -0.396 e. The maximum Gasteiger partial charge on any atom is 0.0448 e. The van der Waals surface area contributed by atoms with Crippen molar-refractivity contribution in [2.45, 2.75) is 162 Å². The van der Waals surface area contributed by atoms with E-state index in [1.165, 1.54) is 51.4 Å². The summed E-state index contributed by atoms with van der Waals surface area (Å²) >= 11 is 0. The zero-order valence-electron chi connectivity index (χ0n) is 26.6. The molecule has 0 bridgehead atoms. The highest BCUT2D eigenvalue weighted by atomic mass is 16.3. The summed E-state index contributed by atoms with van der Waals surface area (Å²) in [6.07, 6.45) is 18.5. The van der Waals surface area contributed by atoms with Crippen LogP contribution in [0.4, 0.5) is 0 Å². The topological polar surface area (TPSA) is 68.3 Å². The van der Waals surface area contributed by atoms with E-state index < -0.39 is 0 Å². The molecule has 0 spiro atoms. The first-order valence-electron chi connectivity index (χ1n) is 15.7. The zero-order chi connectivity index (χ0) is 28.3. The molecule has 3 unspecified atom stereocenters. The Hall–Kier alpha value is -0.460. The van der Waals surface area contributed by atoms with Crippen LogP contribution in [0.3, 0.4) is 0 Å². The van der Waals surface area contributed by atoms with Crippen LogP contribution in [0.15, 0.2) is 12.2 Å². The number of hydrogen-bond acceptors (Lipinski definition) is 5. The predicted octanol–water partition coefficient (Wildman–Crippen LogP) is 6.71. The first-order chi connectivity index (χ1) is 17.5. The molecule has 0 saturated carbocycles. The Labute approximate surface area is 232 Å². The van der Waals surface area contributed by atoms with E-state index in [1.54, 1.807) is 0 Å². The fourth-order valence-electron chi connectivity index (χ4n) is 4.76. The monoisotopic (exact) mass is 525 g/mol. The van der Waals surface area contributed by atoms with Crippen LogP contribution in [0, 0.1) is 0 Å². The van der Waals surface area contributed by atoms with Gasteiger partial charge in [-0.25, -0.2) is 0 Å². The lowest BCUT2D eigenvalue weighted by Crippen LogP contribution is -2.44. The van der Waals surface area contributed by atoms with Crippen LogP contribution in [-0.4, -0.2) is 60.0 Å². The van der Waals surface area contributed by atoms with E-state index in [-0.39, 0.29) is 23.2 Å². The Morgan fingerprint density at radius 2 is 0.838 bits per heavy atom. The minimum absolute atomic E-state index is 0.0658. The third-order valence-corrected chi connectivity index (χ3v) is 9.44. The fraction of sp³-hybridized carbons (Fsp3) is 0.938. The average Bonchev–Trinajstić information content (AvgIpc) is 2.90. The van der Waals surface area contributed by atoms with Crippen LogP contribution in [-0.2, 0) is 0 Å². The van der Waals surface area contributed by atoms with Gasteiger partial charge in [0, 0.05) is 41.9 Å². The van der Waals surface area contributed by atoms with Crippen molar-refractivity contribution in [3.8, 4) is 0 Å². The zero-order valence-corrected chi connectivity index (χ0v) is 26.6. The third kappa shape index (κ3) is 16.3. The Morgan fingerprint density at radius 3 is 1.19 bits per heavy atom. The van der Waals surface area contributed by atoms with Gasteiger partial charge in [0.25, 0.3) is 0 Å². The van der Waals surface area contributed by atoms with E-state index in [9.17, 15) is 5.11 Å². The first-order valence-corrected chi connectivity index (χ1v) is 15.7. The largest absolute Gasteiger partial charge is 0.396 e. The SMILES string of the molecule is CCC(C)(CC)NCCCCC(C)(CC)NC/C=C\CNC(C)(CC)CCCCNC(C)(CC)CCO. The van der Waals surface area contributed by atoms with Crippen LogP contribution < -0.4 is 21.3 Å². The molecule has 0 heterocycles. The van der Waals surface area contributed by atoms with Crippen molar-refractivity contribution in [3.05, 3.63) is 12.2 Å². The lowest BCUT2D eigenvalue weighted by molar-refractivity contribution is 0.214. The molecule has 0 saturated heterocycles. The standard InChI is InChI=1S/C32H68N4O/c1-10-29(6,11-2)33-24-17-15-21-30(7,12-3)34-26-19-20-27-35-31(8,13-4)22-16-18-25-36-32(9,14-5)23-28-37/h19-20,33-37H,10-18,21-28H2,1-9H3/b20-19-. The molecule has 222 valence electrons. The molecule has 37 heavy (non-hydrogen) atoms. The van der Waals surface area contributed by atoms with Gasteiger partial charge in [0.2, 0.25) is 0 Å². The van der Waals surface area contributed by atoms with Crippen LogP contribution in [0.25, 0.3) is 0 Å². The highest BCUT2D eigenvalue weighted by molar-refractivity contribution is 4.93. The van der Waals surface area contributed by atoms with Crippen molar-refractivity contribution in [1.29, 1.82) is 0 Å². The number of unbranched alkanes of at least 4 members (excludes halogenated alkanes) is 2. The molecular formula is C32H68N4O. The summed E-state index contributed by atoms with van der Waals surface area (Å²) in [5.41, 5.74) is 0.770. The third-order valence-electron chi connectivity index (χ3n) is 9.44. The van der Waals surface area contributed by atoms with Gasteiger partial charge in [0.1, 0.15) is 0 Å². The van der Waals surface area contributed by atoms with Gasteiger partial charge < -0.3 is 26.4 Å². The van der Waals surface area contributed by atoms with Crippen LogP contribution in [0.1, 0.15) is 139 Å². The lowest BCUT2D eigenvalue weighted by Gasteiger charge is -2.31. The molecule has 5 heteroatoms. The number of nitrogens with one attached hydrogen (secondary N) is 4. The van der Waals surface area contributed by atoms with Gasteiger partial charge >= 0.3 is 0 Å². The van der Waals surface area contributed by atoms with Gasteiger partial charge in [-0.15, -0.1) is 0 Å². The van der Waals surface area contributed by atoms with E-state index >= 15 is 0 Å². The molecule has 0 rings (SSSR count).